The zero-order valence-electron chi connectivity index (χ0n) is 10.7. The largest absolute Gasteiger partial charge is 0.332 e. The molecule has 1 fully saturated rings. The van der Waals surface area contributed by atoms with E-state index in [4.69, 9.17) is 0 Å². The van der Waals surface area contributed by atoms with Crippen LogP contribution in [0.4, 0.5) is 0 Å². The molecule has 2 heterocycles. The van der Waals surface area contributed by atoms with E-state index in [0.717, 1.165) is 12.3 Å². The molecule has 0 saturated carbocycles. The third kappa shape index (κ3) is 2.52. The molecule has 0 aliphatic carbocycles. The van der Waals surface area contributed by atoms with Crippen LogP contribution in [0.25, 0.3) is 0 Å². The normalized spacial score (nSPS) is 29.4. The van der Waals surface area contributed by atoms with E-state index in [9.17, 15) is 8.42 Å². The lowest BCUT2D eigenvalue weighted by Gasteiger charge is -2.28. The highest BCUT2D eigenvalue weighted by atomic mass is 32.2. The van der Waals surface area contributed by atoms with E-state index >= 15 is 0 Å². The average molecular weight is 257 g/mol. The van der Waals surface area contributed by atoms with Gasteiger partial charge in [-0.1, -0.05) is 0 Å². The lowest BCUT2D eigenvalue weighted by atomic mass is 10.0. The number of nitrogens with zero attached hydrogens (tertiary/aromatic N) is 2. The molecule has 5 nitrogen and oxygen atoms in total. The summed E-state index contributed by atoms with van der Waals surface area (Å²) in [4.78, 5) is 6.67. The van der Waals surface area contributed by atoms with Crippen molar-refractivity contribution in [2.75, 3.05) is 12.8 Å². The molecule has 0 aromatic heterocycles. The van der Waals surface area contributed by atoms with Gasteiger partial charge in [0.05, 0.1) is 12.3 Å². The molecule has 1 saturated heterocycles. The van der Waals surface area contributed by atoms with E-state index in [1.807, 2.05) is 6.92 Å². The van der Waals surface area contributed by atoms with Crippen molar-refractivity contribution in [1.82, 2.24) is 9.62 Å². The van der Waals surface area contributed by atoms with Gasteiger partial charge in [0.25, 0.3) is 0 Å². The summed E-state index contributed by atoms with van der Waals surface area (Å²) in [5, 5.41) is 0. The fourth-order valence-electron chi connectivity index (χ4n) is 2.51. The molecule has 2 aliphatic rings. The Morgan fingerprint density at radius 2 is 2.06 bits per heavy atom. The first kappa shape index (κ1) is 12.6. The van der Waals surface area contributed by atoms with E-state index < -0.39 is 10.0 Å². The van der Waals surface area contributed by atoms with Gasteiger partial charge in [-0.25, -0.2) is 13.1 Å². The standard InChI is InChI=1S/C11H19N3O2S/c1-7-8(2)12-9(3)14-6-10(5-11(7)14)13-17(4,15)16/h8,10,13H,5-6H2,1-4H3/t8-,10+/m0/s1. The zero-order chi connectivity index (χ0) is 12.8. The van der Waals surface area contributed by atoms with Crippen molar-refractivity contribution in [2.24, 2.45) is 4.99 Å². The van der Waals surface area contributed by atoms with E-state index in [2.05, 4.69) is 28.5 Å². The minimum atomic E-state index is -3.14. The van der Waals surface area contributed by atoms with Crippen LogP contribution in [-0.4, -0.2) is 44.0 Å². The first-order valence-corrected chi connectivity index (χ1v) is 7.66. The molecule has 0 amide bonds. The number of aliphatic imine (C=N–C) groups is 1. The van der Waals surface area contributed by atoms with Gasteiger partial charge in [0.15, 0.2) is 0 Å². The summed E-state index contributed by atoms with van der Waals surface area (Å²) in [7, 11) is -3.14. The molecule has 0 unspecified atom stereocenters. The second-order valence-corrected chi connectivity index (χ2v) is 6.66. The third-order valence-electron chi connectivity index (χ3n) is 3.40. The van der Waals surface area contributed by atoms with Crippen LogP contribution in [0.15, 0.2) is 16.3 Å². The summed E-state index contributed by atoms with van der Waals surface area (Å²) in [6, 6.07) is 0.170. The SMILES string of the molecule is CC1=N[C@@H](C)C(C)=C2C[C@@H](NS(C)(=O)=O)CN12. The van der Waals surface area contributed by atoms with E-state index in [1.165, 1.54) is 17.5 Å². The van der Waals surface area contributed by atoms with Gasteiger partial charge in [0.1, 0.15) is 5.84 Å². The Bertz CT molecular complexity index is 493. The zero-order valence-corrected chi connectivity index (χ0v) is 11.5. The van der Waals surface area contributed by atoms with Gasteiger partial charge >= 0.3 is 0 Å². The van der Waals surface area contributed by atoms with Crippen LogP contribution in [0.1, 0.15) is 27.2 Å². The maximum Gasteiger partial charge on any atom is 0.209 e. The lowest BCUT2D eigenvalue weighted by molar-refractivity contribution is 0.511. The third-order valence-corrected chi connectivity index (χ3v) is 4.16. The number of hydrogen-bond donors (Lipinski definition) is 1. The van der Waals surface area contributed by atoms with Crippen molar-refractivity contribution in [1.29, 1.82) is 0 Å². The minimum Gasteiger partial charge on any atom is -0.332 e. The van der Waals surface area contributed by atoms with Gasteiger partial charge < -0.3 is 4.90 Å². The highest BCUT2D eigenvalue weighted by Crippen LogP contribution is 2.31. The van der Waals surface area contributed by atoms with Crippen molar-refractivity contribution in [3.8, 4) is 0 Å². The molecule has 96 valence electrons. The van der Waals surface area contributed by atoms with Crippen molar-refractivity contribution in [3.05, 3.63) is 11.3 Å². The van der Waals surface area contributed by atoms with Crippen LogP contribution in [0.2, 0.25) is 0 Å². The summed E-state index contributed by atoms with van der Waals surface area (Å²) in [6.45, 7) is 6.81. The molecule has 1 N–H and O–H groups in total. The lowest BCUT2D eigenvalue weighted by Crippen LogP contribution is -2.38. The van der Waals surface area contributed by atoms with E-state index in [-0.39, 0.29) is 12.1 Å². The van der Waals surface area contributed by atoms with Crippen molar-refractivity contribution in [2.45, 2.75) is 39.3 Å². The molecule has 0 spiro atoms. The fourth-order valence-corrected chi connectivity index (χ4v) is 3.27. The Hall–Kier alpha value is -0.880. The number of fused-ring (bicyclic) bond motifs is 1. The maximum absolute atomic E-state index is 11.2. The van der Waals surface area contributed by atoms with E-state index in [1.54, 1.807) is 0 Å². The number of amidine groups is 1. The van der Waals surface area contributed by atoms with Crippen LogP contribution in [0, 0.1) is 0 Å². The Labute approximate surface area is 103 Å². The molecular formula is C11H19N3O2S. The minimum absolute atomic E-state index is 0.0367. The van der Waals surface area contributed by atoms with Crippen molar-refractivity contribution < 1.29 is 8.42 Å². The molecule has 2 aliphatic heterocycles. The van der Waals surface area contributed by atoms with Crippen molar-refractivity contribution in [3.63, 3.8) is 0 Å². The molecule has 2 atom stereocenters. The Morgan fingerprint density at radius 1 is 1.41 bits per heavy atom. The smallest absolute Gasteiger partial charge is 0.209 e. The Kier molecular flexibility index (Phi) is 3.03. The molecule has 0 aromatic carbocycles. The highest BCUT2D eigenvalue weighted by molar-refractivity contribution is 7.88. The Balaban J connectivity index is 2.22. The second-order valence-electron chi connectivity index (χ2n) is 4.88. The summed E-state index contributed by atoms with van der Waals surface area (Å²) in [6.07, 6.45) is 1.96. The summed E-state index contributed by atoms with van der Waals surface area (Å²) in [5.74, 6) is 0.982. The van der Waals surface area contributed by atoms with Gasteiger partial charge in [-0.15, -0.1) is 0 Å². The summed E-state index contributed by atoms with van der Waals surface area (Å²) < 4.78 is 25.2. The topological polar surface area (TPSA) is 61.8 Å². The molecule has 0 bridgehead atoms. The van der Waals surface area contributed by atoms with Crippen LogP contribution in [0.3, 0.4) is 0 Å². The van der Waals surface area contributed by atoms with Crippen LogP contribution in [0.5, 0.6) is 0 Å². The molecule has 6 heteroatoms. The maximum atomic E-state index is 11.2. The molecule has 0 aromatic rings. The van der Waals surface area contributed by atoms with Crippen LogP contribution >= 0.6 is 0 Å². The highest BCUT2D eigenvalue weighted by Gasteiger charge is 2.34. The van der Waals surface area contributed by atoms with Gasteiger partial charge in [-0.3, -0.25) is 4.99 Å². The van der Waals surface area contributed by atoms with E-state index in [0.29, 0.717) is 6.54 Å². The number of nitrogens with one attached hydrogen (secondary N) is 1. The predicted octanol–water partition coefficient (Wildman–Crippen LogP) is 0.704. The summed E-state index contributed by atoms with van der Waals surface area (Å²) in [5.41, 5.74) is 2.47. The first-order valence-electron chi connectivity index (χ1n) is 5.77. The van der Waals surface area contributed by atoms with Crippen molar-refractivity contribution >= 4 is 15.9 Å². The first-order chi connectivity index (χ1) is 7.78. The molecule has 2 rings (SSSR count). The number of hydrogen-bond acceptors (Lipinski definition) is 4. The molecular weight excluding hydrogens is 238 g/mol. The Morgan fingerprint density at radius 3 is 2.65 bits per heavy atom. The predicted molar refractivity (Wildman–Crippen MR) is 68.4 cm³/mol. The molecule has 0 radical (unpaired) electrons. The summed E-state index contributed by atoms with van der Waals surface area (Å²) >= 11 is 0. The van der Waals surface area contributed by atoms with Gasteiger partial charge in [0.2, 0.25) is 10.0 Å². The monoisotopic (exact) mass is 257 g/mol. The fraction of sp³-hybridized carbons (Fsp3) is 0.727. The molecule has 17 heavy (non-hydrogen) atoms. The van der Waals surface area contributed by atoms with Crippen LogP contribution in [-0.2, 0) is 10.0 Å². The van der Waals surface area contributed by atoms with Crippen LogP contribution < -0.4 is 4.72 Å². The van der Waals surface area contributed by atoms with Gasteiger partial charge in [-0.2, -0.15) is 0 Å². The number of rotatable bonds is 2. The van der Waals surface area contributed by atoms with Gasteiger partial charge in [0, 0.05) is 24.7 Å². The number of sulfonamides is 1. The van der Waals surface area contributed by atoms with Gasteiger partial charge in [-0.05, 0) is 26.3 Å². The average Bonchev–Trinajstić information content (AvgIpc) is 2.56. The quantitative estimate of drug-likeness (QED) is 0.792. The second kappa shape index (κ2) is 4.10.